The second kappa shape index (κ2) is 4.32. The van der Waals surface area contributed by atoms with Gasteiger partial charge in [0.25, 0.3) is 0 Å². The van der Waals surface area contributed by atoms with Gasteiger partial charge in [0.05, 0.1) is 11.6 Å². The highest BCUT2D eigenvalue weighted by Gasteiger charge is 2.41. The van der Waals surface area contributed by atoms with Gasteiger partial charge in [-0.1, -0.05) is 12.1 Å². The molecule has 0 amide bonds. The zero-order valence-corrected chi connectivity index (χ0v) is 7.88. The van der Waals surface area contributed by atoms with Gasteiger partial charge in [-0.2, -0.15) is 18.4 Å². The summed E-state index contributed by atoms with van der Waals surface area (Å²) in [4.78, 5) is 0. The lowest BCUT2D eigenvalue weighted by Gasteiger charge is -2.18. The van der Waals surface area contributed by atoms with Crippen molar-refractivity contribution in [3.8, 4) is 6.07 Å². The first-order valence-corrected chi connectivity index (χ1v) is 4.08. The zero-order chi connectivity index (χ0) is 11.5. The Balaban J connectivity index is 3.09. The summed E-state index contributed by atoms with van der Waals surface area (Å²) in [5, 5.41) is 8.55. The van der Waals surface area contributed by atoms with Gasteiger partial charge in [-0.25, -0.2) is 0 Å². The van der Waals surface area contributed by atoms with Crippen molar-refractivity contribution in [2.45, 2.75) is 12.3 Å². The minimum atomic E-state index is -4.47. The van der Waals surface area contributed by atoms with Crippen molar-refractivity contribution in [1.82, 2.24) is 0 Å². The van der Waals surface area contributed by atoms with E-state index >= 15 is 0 Å². The highest BCUT2D eigenvalue weighted by molar-refractivity contribution is 5.34. The summed E-state index contributed by atoms with van der Waals surface area (Å²) in [7, 11) is 0.983. The number of rotatable bonds is 2. The summed E-state index contributed by atoms with van der Waals surface area (Å²) in [5.41, 5.74) is 0.114. The quantitative estimate of drug-likeness (QED) is 0.759. The molecule has 1 rings (SSSR count). The Hall–Kier alpha value is -1.54. The summed E-state index contributed by atoms with van der Waals surface area (Å²) in [6.07, 6.45) is -6.45. The molecule has 5 heteroatoms. The molecule has 0 aliphatic rings. The SMILES string of the molecule is COC(c1cccc(C#N)c1)C(F)(F)F. The van der Waals surface area contributed by atoms with Crippen LogP contribution in [0.5, 0.6) is 0 Å². The molecular weight excluding hydrogens is 207 g/mol. The fourth-order valence-corrected chi connectivity index (χ4v) is 1.23. The van der Waals surface area contributed by atoms with Crippen LogP contribution in [0.4, 0.5) is 13.2 Å². The van der Waals surface area contributed by atoms with Gasteiger partial charge in [-0.3, -0.25) is 0 Å². The standard InChI is InChI=1S/C10H8F3NO/c1-15-9(10(11,12)13)8-4-2-3-7(5-8)6-14/h2-5,9H,1H3. The van der Waals surface area contributed by atoms with Crippen LogP contribution in [0.3, 0.4) is 0 Å². The minimum Gasteiger partial charge on any atom is -0.367 e. The molecule has 0 heterocycles. The Kier molecular flexibility index (Phi) is 3.32. The van der Waals surface area contributed by atoms with Crippen LogP contribution in [0, 0.1) is 11.3 Å². The van der Waals surface area contributed by atoms with Crippen LogP contribution < -0.4 is 0 Å². The van der Waals surface area contributed by atoms with E-state index in [1.807, 2.05) is 0 Å². The van der Waals surface area contributed by atoms with E-state index < -0.39 is 12.3 Å². The summed E-state index contributed by atoms with van der Waals surface area (Å²) in [5.74, 6) is 0. The van der Waals surface area contributed by atoms with E-state index in [0.29, 0.717) is 0 Å². The molecule has 15 heavy (non-hydrogen) atoms. The molecule has 80 valence electrons. The maximum atomic E-state index is 12.4. The van der Waals surface area contributed by atoms with Crippen LogP contribution in [-0.2, 0) is 4.74 Å². The Morgan fingerprint density at radius 3 is 2.53 bits per heavy atom. The molecule has 0 fully saturated rings. The van der Waals surface area contributed by atoms with E-state index in [-0.39, 0.29) is 11.1 Å². The second-order valence-electron chi connectivity index (χ2n) is 2.89. The van der Waals surface area contributed by atoms with Crippen molar-refractivity contribution in [2.24, 2.45) is 0 Å². The van der Waals surface area contributed by atoms with Gasteiger partial charge in [0, 0.05) is 7.11 Å². The predicted octanol–water partition coefficient (Wildman–Crippen LogP) is 2.81. The molecule has 0 aromatic heterocycles. The number of hydrogen-bond donors (Lipinski definition) is 0. The van der Waals surface area contributed by atoms with E-state index in [1.54, 1.807) is 6.07 Å². The fourth-order valence-electron chi connectivity index (χ4n) is 1.23. The molecule has 1 unspecified atom stereocenters. The largest absolute Gasteiger partial charge is 0.418 e. The van der Waals surface area contributed by atoms with Crippen molar-refractivity contribution < 1.29 is 17.9 Å². The van der Waals surface area contributed by atoms with Gasteiger partial charge in [0.15, 0.2) is 6.10 Å². The van der Waals surface area contributed by atoms with E-state index in [4.69, 9.17) is 5.26 Å². The van der Waals surface area contributed by atoms with Crippen LogP contribution in [0.1, 0.15) is 17.2 Å². The molecule has 0 N–H and O–H groups in total. The fraction of sp³-hybridized carbons (Fsp3) is 0.300. The van der Waals surface area contributed by atoms with E-state index in [9.17, 15) is 13.2 Å². The number of methoxy groups -OCH3 is 1. The average molecular weight is 215 g/mol. The smallest absolute Gasteiger partial charge is 0.367 e. The average Bonchev–Trinajstić information content (AvgIpc) is 2.17. The molecule has 2 nitrogen and oxygen atoms in total. The molecule has 0 saturated carbocycles. The Morgan fingerprint density at radius 2 is 2.07 bits per heavy atom. The predicted molar refractivity (Wildman–Crippen MR) is 47.0 cm³/mol. The van der Waals surface area contributed by atoms with Gasteiger partial charge in [-0.15, -0.1) is 0 Å². The molecule has 0 saturated heterocycles. The summed E-state index contributed by atoms with van der Waals surface area (Å²) >= 11 is 0. The lowest BCUT2D eigenvalue weighted by Crippen LogP contribution is -2.22. The van der Waals surface area contributed by atoms with Crippen molar-refractivity contribution >= 4 is 0 Å². The molecule has 0 spiro atoms. The van der Waals surface area contributed by atoms with Crippen LogP contribution in [0.15, 0.2) is 24.3 Å². The number of benzene rings is 1. The van der Waals surface area contributed by atoms with E-state index in [0.717, 1.165) is 7.11 Å². The van der Waals surface area contributed by atoms with Crippen molar-refractivity contribution in [3.05, 3.63) is 35.4 Å². The molecule has 0 bridgehead atoms. The van der Waals surface area contributed by atoms with Crippen molar-refractivity contribution in [2.75, 3.05) is 7.11 Å². The number of ether oxygens (including phenoxy) is 1. The van der Waals surface area contributed by atoms with Gasteiger partial charge >= 0.3 is 6.18 Å². The first-order chi connectivity index (χ1) is 6.99. The molecule has 0 aliphatic carbocycles. The first-order valence-electron chi connectivity index (χ1n) is 4.08. The van der Waals surface area contributed by atoms with Gasteiger partial charge < -0.3 is 4.74 Å². The van der Waals surface area contributed by atoms with Gasteiger partial charge in [0.1, 0.15) is 0 Å². The Morgan fingerprint density at radius 1 is 1.40 bits per heavy atom. The lowest BCUT2D eigenvalue weighted by molar-refractivity contribution is -0.215. The number of nitrogens with zero attached hydrogens (tertiary/aromatic N) is 1. The monoisotopic (exact) mass is 215 g/mol. The number of hydrogen-bond acceptors (Lipinski definition) is 2. The van der Waals surface area contributed by atoms with E-state index in [2.05, 4.69) is 4.74 Å². The zero-order valence-electron chi connectivity index (χ0n) is 7.88. The summed E-state index contributed by atoms with van der Waals surface area (Å²) in [6, 6.07) is 7.06. The number of alkyl halides is 3. The van der Waals surface area contributed by atoms with Crippen molar-refractivity contribution in [1.29, 1.82) is 5.26 Å². The summed E-state index contributed by atoms with van der Waals surface area (Å²) < 4.78 is 41.7. The van der Waals surface area contributed by atoms with Crippen molar-refractivity contribution in [3.63, 3.8) is 0 Å². The summed E-state index contributed by atoms with van der Waals surface area (Å²) in [6.45, 7) is 0. The van der Waals surface area contributed by atoms with Crippen LogP contribution in [0.25, 0.3) is 0 Å². The molecule has 1 aromatic rings. The molecule has 0 radical (unpaired) electrons. The van der Waals surface area contributed by atoms with Crippen LogP contribution >= 0.6 is 0 Å². The third-order valence-electron chi connectivity index (χ3n) is 1.85. The number of nitriles is 1. The Bertz CT molecular complexity index is 381. The normalized spacial score (nSPS) is 13.3. The first kappa shape index (κ1) is 11.5. The minimum absolute atomic E-state index is 0.0657. The van der Waals surface area contributed by atoms with Gasteiger partial charge in [-0.05, 0) is 17.7 Å². The third kappa shape index (κ3) is 2.70. The molecule has 1 aromatic carbocycles. The lowest BCUT2D eigenvalue weighted by atomic mass is 10.1. The van der Waals surface area contributed by atoms with Crippen LogP contribution in [-0.4, -0.2) is 13.3 Å². The second-order valence-corrected chi connectivity index (χ2v) is 2.89. The van der Waals surface area contributed by atoms with Gasteiger partial charge in [0.2, 0.25) is 0 Å². The Labute approximate surface area is 84.9 Å². The maximum absolute atomic E-state index is 12.4. The topological polar surface area (TPSA) is 33.0 Å². The third-order valence-corrected chi connectivity index (χ3v) is 1.85. The maximum Gasteiger partial charge on any atom is 0.418 e. The number of halogens is 3. The highest BCUT2D eigenvalue weighted by atomic mass is 19.4. The molecule has 0 aliphatic heterocycles. The molecular formula is C10H8F3NO. The van der Waals surface area contributed by atoms with Crippen LogP contribution in [0.2, 0.25) is 0 Å². The van der Waals surface area contributed by atoms with E-state index in [1.165, 1.54) is 24.3 Å². The highest BCUT2D eigenvalue weighted by Crippen LogP contribution is 2.35. The molecule has 1 atom stereocenters.